The Hall–Kier alpha value is -3.05. The standard InChI is InChI=1S/C24H24ClN3O2/c1-14-12-16(25)13-21(30-4)22(14)27-24-26-20-11-7-10-19(23(20)28(24)3)18-9-6-5-8-17(18)15(2)29/h5-14,22H,1-4H3,(H,26,27). The van der Waals surface area contributed by atoms with Crippen LogP contribution in [0, 0.1) is 5.92 Å². The summed E-state index contributed by atoms with van der Waals surface area (Å²) in [6.07, 6.45) is 3.83. The Morgan fingerprint density at radius 1 is 1.17 bits per heavy atom. The van der Waals surface area contributed by atoms with Crippen molar-refractivity contribution in [2.24, 2.45) is 13.0 Å². The van der Waals surface area contributed by atoms with Gasteiger partial charge in [-0.15, -0.1) is 0 Å². The molecule has 3 aromatic rings. The summed E-state index contributed by atoms with van der Waals surface area (Å²) >= 11 is 6.21. The third-order valence-corrected chi connectivity index (χ3v) is 5.78. The van der Waals surface area contributed by atoms with Gasteiger partial charge in [0.2, 0.25) is 5.95 Å². The van der Waals surface area contributed by atoms with E-state index < -0.39 is 0 Å². The maximum atomic E-state index is 12.2. The number of nitrogens with one attached hydrogen (secondary N) is 1. The number of imidazole rings is 1. The van der Waals surface area contributed by atoms with E-state index in [2.05, 4.69) is 12.2 Å². The fourth-order valence-corrected chi connectivity index (χ4v) is 4.35. The minimum atomic E-state index is -0.0824. The van der Waals surface area contributed by atoms with Gasteiger partial charge in [0.1, 0.15) is 5.76 Å². The fraction of sp³-hybridized carbons (Fsp3) is 0.250. The third kappa shape index (κ3) is 3.50. The topological polar surface area (TPSA) is 56.1 Å². The number of nitrogens with zero attached hydrogens (tertiary/aromatic N) is 2. The molecule has 6 heteroatoms. The molecule has 1 aromatic heterocycles. The van der Waals surface area contributed by atoms with Crippen molar-refractivity contribution < 1.29 is 9.53 Å². The highest BCUT2D eigenvalue weighted by molar-refractivity contribution is 6.31. The number of hydrogen-bond donors (Lipinski definition) is 1. The molecule has 1 heterocycles. The van der Waals surface area contributed by atoms with Gasteiger partial charge in [-0.1, -0.05) is 61.0 Å². The van der Waals surface area contributed by atoms with Crippen molar-refractivity contribution in [2.45, 2.75) is 19.9 Å². The minimum absolute atomic E-state index is 0.0395. The lowest BCUT2D eigenvalue weighted by molar-refractivity contribution is 0.101. The molecule has 0 saturated heterocycles. The lowest BCUT2D eigenvalue weighted by Crippen LogP contribution is -2.32. The number of aromatic nitrogens is 2. The van der Waals surface area contributed by atoms with E-state index in [1.54, 1.807) is 14.0 Å². The van der Waals surface area contributed by atoms with E-state index >= 15 is 0 Å². The van der Waals surface area contributed by atoms with Gasteiger partial charge in [0.05, 0.1) is 24.2 Å². The molecule has 4 rings (SSSR count). The van der Waals surface area contributed by atoms with Crippen LogP contribution in [0.15, 0.2) is 65.4 Å². The lowest BCUT2D eigenvalue weighted by atomic mass is 9.95. The molecule has 154 valence electrons. The van der Waals surface area contributed by atoms with Crippen LogP contribution in [-0.4, -0.2) is 28.5 Å². The highest BCUT2D eigenvalue weighted by Crippen LogP contribution is 2.34. The summed E-state index contributed by atoms with van der Waals surface area (Å²) in [5.74, 6) is 1.67. The van der Waals surface area contributed by atoms with E-state index in [4.69, 9.17) is 21.3 Å². The van der Waals surface area contributed by atoms with Gasteiger partial charge < -0.3 is 14.6 Å². The number of Topliss-reactive ketones (excluding diaryl/α,β-unsaturated/α-hetero) is 1. The van der Waals surface area contributed by atoms with Crippen molar-refractivity contribution in [3.05, 3.63) is 71.0 Å². The van der Waals surface area contributed by atoms with E-state index in [1.807, 2.05) is 66.2 Å². The first-order valence-corrected chi connectivity index (χ1v) is 10.2. The van der Waals surface area contributed by atoms with Crippen LogP contribution in [0.25, 0.3) is 22.2 Å². The number of ether oxygens (including phenoxy) is 1. The van der Waals surface area contributed by atoms with Gasteiger partial charge >= 0.3 is 0 Å². The molecule has 0 amide bonds. The molecule has 2 atom stereocenters. The number of carbonyl (C=O) groups excluding carboxylic acids is 1. The number of para-hydroxylation sites is 1. The average Bonchev–Trinajstić information content (AvgIpc) is 3.05. The number of ketones is 1. The predicted octanol–water partition coefficient (Wildman–Crippen LogP) is 5.53. The molecule has 0 aliphatic heterocycles. The maximum Gasteiger partial charge on any atom is 0.204 e. The van der Waals surface area contributed by atoms with Crippen molar-refractivity contribution in [3.63, 3.8) is 0 Å². The number of benzene rings is 2. The van der Waals surface area contributed by atoms with Crippen LogP contribution in [0.3, 0.4) is 0 Å². The zero-order chi connectivity index (χ0) is 21.4. The van der Waals surface area contributed by atoms with Crippen molar-refractivity contribution in [1.29, 1.82) is 0 Å². The number of halogens is 1. The first-order chi connectivity index (χ1) is 14.4. The number of fused-ring (bicyclic) bond motifs is 1. The Morgan fingerprint density at radius 2 is 1.90 bits per heavy atom. The Balaban J connectivity index is 1.81. The Labute approximate surface area is 181 Å². The van der Waals surface area contributed by atoms with Gasteiger partial charge in [-0.3, -0.25) is 4.79 Å². The van der Waals surface area contributed by atoms with Crippen LogP contribution >= 0.6 is 11.6 Å². The molecule has 1 aliphatic rings. The number of rotatable bonds is 5. The second-order valence-corrected chi connectivity index (χ2v) is 7.99. The average molecular weight is 422 g/mol. The number of allylic oxidation sites excluding steroid dienone is 2. The van der Waals surface area contributed by atoms with Crippen molar-refractivity contribution >= 4 is 34.4 Å². The first kappa shape index (κ1) is 20.2. The summed E-state index contributed by atoms with van der Waals surface area (Å²) in [6, 6.07) is 13.6. The number of anilines is 1. The van der Waals surface area contributed by atoms with Gasteiger partial charge in [0, 0.05) is 29.1 Å². The largest absolute Gasteiger partial charge is 0.499 e. The molecule has 0 spiro atoms. The number of hydrogen-bond acceptors (Lipinski definition) is 4. The Kier molecular flexibility index (Phi) is 5.39. The summed E-state index contributed by atoms with van der Waals surface area (Å²) in [4.78, 5) is 17.0. The van der Waals surface area contributed by atoms with Gasteiger partial charge in [-0.05, 0) is 24.6 Å². The summed E-state index contributed by atoms with van der Waals surface area (Å²) in [7, 11) is 3.62. The highest BCUT2D eigenvalue weighted by atomic mass is 35.5. The van der Waals surface area contributed by atoms with Gasteiger partial charge in [-0.2, -0.15) is 0 Å². The number of methoxy groups -OCH3 is 1. The molecular formula is C24H24ClN3O2. The maximum absolute atomic E-state index is 12.2. The number of carbonyl (C=O) groups is 1. The van der Waals surface area contributed by atoms with Gasteiger partial charge in [0.15, 0.2) is 5.78 Å². The molecule has 1 aliphatic carbocycles. The molecule has 5 nitrogen and oxygen atoms in total. The molecule has 30 heavy (non-hydrogen) atoms. The van der Waals surface area contributed by atoms with Crippen LogP contribution in [-0.2, 0) is 11.8 Å². The van der Waals surface area contributed by atoms with Crippen LogP contribution in [0.2, 0.25) is 0 Å². The van der Waals surface area contributed by atoms with E-state index in [0.717, 1.165) is 33.9 Å². The monoisotopic (exact) mass is 421 g/mol. The SMILES string of the molecule is COC1=CC(Cl)=CC(C)C1Nc1nc2cccc(-c3ccccc3C(C)=O)c2n1C. The van der Waals surface area contributed by atoms with E-state index in [1.165, 1.54) is 0 Å². The van der Waals surface area contributed by atoms with E-state index in [-0.39, 0.29) is 17.7 Å². The van der Waals surface area contributed by atoms with Crippen LogP contribution in [0.4, 0.5) is 5.95 Å². The minimum Gasteiger partial charge on any atom is -0.499 e. The fourth-order valence-electron chi connectivity index (χ4n) is 4.05. The predicted molar refractivity (Wildman–Crippen MR) is 122 cm³/mol. The molecule has 0 fully saturated rings. The molecule has 0 bridgehead atoms. The third-order valence-electron chi connectivity index (χ3n) is 5.55. The smallest absolute Gasteiger partial charge is 0.204 e. The van der Waals surface area contributed by atoms with Crippen molar-refractivity contribution in [3.8, 4) is 11.1 Å². The zero-order valence-electron chi connectivity index (χ0n) is 17.4. The van der Waals surface area contributed by atoms with Crippen molar-refractivity contribution in [1.82, 2.24) is 9.55 Å². The first-order valence-electron chi connectivity index (χ1n) is 9.86. The Bertz CT molecular complexity index is 1190. The van der Waals surface area contributed by atoms with Gasteiger partial charge in [0.25, 0.3) is 0 Å². The van der Waals surface area contributed by atoms with Crippen LogP contribution in [0.5, 0.6) is 0 Å². The van der Waals surface area contributed by atoms with E-state index in [9.17, 15) is 4.79 Å². The molecule has 0 saturated carbocycles. The normalized spacial score (nSPS) is 18.7. The summed E-state index contributed by atoms with van der Waals surface area (Å²) in [5.41, 5.74) is 4.40. The summed E-state index contributed by atoms with van der Waals surface area (Å²) < 4.78 is 7.59. The molecule has 1 N–H and O–H groups in total. The molecule has 0 radical (unpaired) electrons. The quantitative estimate of drug-likeness (QED) is 0.550. The van der Waals surface area contributed by atoms with E-state index in [0.29, 0.717) is 10.6 Å². The number of aryl methyl sites for hydroxylation is 1. The second-order valence-electron chi connectivity index (χ2n) is 7.55. The lowest BCUT2D eigenvalue weighted by Gasteiger charge is -2.28. The Morgan fingerprint density at radius 3 is 2.63 bits per heavy atom. The van der Waals surface area contributed by atoms with Gasteiger partial charge in [-0.25, -0.2) is 4.98 Å². The highest BCUT2D eigenvalue weighted by Gasteiger charge is 2.27. The van der Waals surface area contributed by atoms with Crippen LogP contribution < -0.4 is 5.32 Å². The summed E-state index contributed by atoms with van der Waals surface area (Å²) in [5, 5.41) is 4.19. The van der Waals surface area contributed by atoms with Crippen LogP contribution in [0.1, 0.15) is 24.2 Å². The zero-order valence-corrected chi connectivity index (χ0v) is 18.2. The van der Waals surface area contributed by atoms with Crippen molar-refractivity contribution in [2.75, 3.05) is 12.4 Å². The molecular weight excluding hydrogens is 398 g/mol. The molecule has 2 aromatic carbocycles. The molecule has 2 unspecified atom stereocenters. The second kappa shape index (κ2) is 8.00. The summed E-state index contributed by atoms with van der Waals surface area (Å²) in [6.45, 7) is 3.68.